The van der Waals surface area contributed by atoms with Crippen molar-refractivity contribution in [3.63, 3.8) is 0 Å². The van der Waals surface area contributed by atoms with Gasteiger partial charge in [-0.15, -0.1) is 0 Å². The van der Waals surface area contributed by atoms with Crippen molar-refractivity contribution >= 4 is 44.5 Å². The van der Waals surface area contributed by atoms with Crippen molar-refractivity contribution < 1.29 is 9.90 Å². The van der Waals surface area contributed by atoms with Crippen LogP contribution in [0.5, 0.6) is 0 Å². The molecule has 0 fully saturated rings. The molecule has 0 spiro atoms. The number of rotatable bonds is 1. The number of nitrogen functional groups attached to an aromatic ring is 1. The van der Waals surface area contributed by atoms with Crippen molar-refractivity contribution in [1.82, 2.24) is 9.97 Å². The number of nitrogens with two attached hydrogens (primary N) is 1. The predicted octanol–water partition coefficient (Wildman–Crippen LogP) is 3.22. The zero-order valence-electron chi connectivity index (χ0n) is 11.4. The molecule has 0 saturated carbocycles. The van der Waals surface area contributed by atoms with Gasteiger partial charge in [-0.1, -0.05) is 18.2 Å². The third-order valence-electron chi connectivity index (χ3n) is 3.70. The summed E-state index contributed by atoms with van der Waals surface area (Å²) in [6.07, 6.45) is 0. The van der Waals surface area contributed by atoms with E-state index in [2.05, 4.69) is 9.97 Å². The molecule has 5 nitrogen and oxygen atoms in total. The molecule has 5 heteroatoms. The Hall–Kier alpha value is -3.21. The number of para-hydroxylation sites is 1. The fourth-order valence-electron chi connectivity index (χ4n) is 2.68. The Bertz CT molecular complexity index is 1070. The molecule has 0 amide bonds. The summed E-state index contributed by atoms with van der Waals surface area (Å²) in [6.45, 7) is 0. The number of carboxylic acids is 1. The van der Waals surface area contributed by atoms with Crippen LogP contribution in [-0.2, 0) is 0 Å². The van der Waals surface area contributed by atoms with Gasteiger partial charge < -0.3 is 10.8 Å². The summed E-state index contributed by atoms with van der Waals surface area (Å²) in [5.74, 6) is -1.01. The number of anilines is 1. The molecule has 0 atom stereocenters. The Kier molecular flexibility index (Phi) is 2.50. The molecule has 3 aromatic carbocycles. The second-order valence-electron chi connectivity index (χ2n) is 5.12. The molecule has 1 heterocycles. The molecule has 106 valence electrons. The van der Waals surface area contributed by atoms with Crippen molar-refractivity contribution in [2.24, 2.45) is 0 Å². The molecule has 0 unspecified atom stereocenters. The van der Waals surface area contributed by atoms with E-state index in [1.807, 2.05) is 24.3 Å². The molecule has 0 aliphatic carbocycles. The minimum atomic E-state index is -1.01. The lowest BCUT2D eigenvalue weighted by Crippen LogP contribution is -2.00. The van der Waals surface area contributed by atoms with Gasteiger partial charge in [0.15, 0.2) is 0 Å². The minimum Gasteiger partial charge on any atom is -0.478 e. The van der Waals surface area contributed by atoms with Crippen LogP contribution in [0.1, 0.15) is 10.4 Å². The van der Waals surface area contributed by atoms with Crippen LogP contribution in [0.15, 0.2) is 48.5 Å². The lowest BCUT2D eigenvalue weighted by atomic mass is 10.1. The molecule has 1 aromatic heterocycles. The van der Waals surface area contributed by atoms with Crippen LogP contribution in [0.3, 0.4) is 0 Å². The number of aromatic carboxylic acids is 1. The SMILES string of the molecule is Nc1ccc2c(ccc3nc4cccc(C(=O)O)c4nc32)c1. The number of hydrogen-bond acceptors (Lipinski definition) is 4. The van der Waals surface area contributed by atoms with E-state index in [0.717, 1.165) is 16.3 Å². The van der Waals surface area contributed by atoms with Gasteiger partial charge in [0.05, 0.1) is 22.1 Å². The maximum Gasteiger partial charge on any atom is 0.337 e. The first-order valence-corrected chi connectivity index (χ1v) is 6.75. The van der Waals surface area contributed by atoms with E-state index >= 15 is 0 Å². The molecule has 4 rings (SSSR count). The predicted molar refractivity (Wildman–Crippen MR) is 85.9 cm³/mol. The van der Waals surface area contributed by atoms with Crippen molar-refractivity contribution in [1.29, 1.82) is 0 Å². The Labute approximate surface area is 125 Å². The quantitative estimate of drug-likeness (QED) is 0.319. The third-order valence-corrected chi connectivity index (χ3v) is 3.70. The van der Waals surface area contributed by atoms with E-state index in [-0.39, 0.29) is 5.56 Å². The number of fused-ring (bicyclic) bond motifs is 4. The Morgan fingerprint density at radius 3 is 2.59 bits per heavy atom. The highest BCUT2D eigenvalue weighted by molar-refractivity contribution is 6.09. The average molecular weight is 289 g/mol. The van der Waals surface area contributed by atoms with Gasteiger partial charge in [-0.05, 0) is 35.7 Å². The summed E-state index contributed by atoms with van der Waals surface area (Å²) in [6, 6.07) is 14.3. The number of nitrogens with zero attached hydrogens (tertiary/aromatic N) is 2. The lowest BCUT2D eigenvalue weighted by molar-refractivity contribution is 0.0699. The molecule has 0 bridgehead atoms. The molecule has 0 aliphatic rings. The maximum absolute atomic E-state index is 11.4. The van der Waals surface area contributed by atoms with E-state index in [1.54, 1.807) is 18.2 Å². The highest BCUT2D eigenvalue weighted by Gasteiger charge is 2.12. The van der Waals surface area contributed by atoms with Gasteiger partial charge in [-0.3, -0.25) is 0 Å². The van der Waals surface area contributed by atoms with Crippen LogP contribution in [-0.4, -0.2) is 21.0 Å². The standard InChI is InChI=1S/C17H11N3O2/c18-10-5-6-11-9(8-10)4-7-14-15(11)20-16-12(17(21)22)2-1-3-13(16)19-14/h1-8H,18H2,(H,21,22). The summed E-state index contributed by atoms with van der Waals surface area (Å²) >= 11 is 0. The highest BCUT2D eigenvalue weighted by Crippen LogP contribution is 2.27. The second kappa shape index (κ2) is 4.39. The third kappa shape index (κ3) is 1.76. The van der Waals surface area contributed by atoms with E-state index in [9.17, 15) is 9.90 Å². The van der Waals surface area contributed by atoms with Crippen LogP contribution in [0.4, 0.5) is 5.69 Å². The topological polar surface area (TPSA) is 89.1 Å². The van der Waals surface area contributed by atoms with E-state index in [1.165, 1.54) is 6.07 Å². The fraction of sp³-hybridized carbons (Fsp3) is 0. The van der Waals surface area contributed by atoms with Crippen LogP contribution in [0, 0.1) is 0 Å². The summed E-state index contributed by atoms with van der Waals surface area (Å²) < 4.78 is 0. The Morgan fingerprint density at radius 1 is 0.955 bits per heavy atom. The molecule has 0 radical (unpaired) electrons. The van der Waals surface area contributed by atoms with Crippen molar-refractivity contribution in [3.8, 4) is 0 Å². The van der Waals surface area contributed by atoms with Crippen molar-refractivity contribution in [3.05, 3.63) is 54.1 Å². The number of benzene rings is 3. The smallest absolute Gasteiger partial charge is 0.337 e. The number of aromatic nitrogens is 2. The molecule has 0 aliphatic heterocycles. The molecule has 0 saturated heterocycles. The molecular weight excluding hydrogens is 278 g/mol. The van der Waals surface area contributed by atoms with Crippen molar-refractivity contribution in [2.45, 2.75) is 0 Å². The van der Waals surface area contributed by atoms with E-state index in [4.69, 9.17) is 5.73 Å². The summed E-state index contributed by atoms with van der Waals surface area (Å²) in [5, 5.41) is 11.2. The van der Waals surface area contributed by atoms with Gasteiger partial charge >= 0.3 is 5.97 Å². The van der Waals surface area contributed by atoms with Crippen LogP contribution in [0.2, 0.25) is 0 Å². The first kappa shape index (κ1) is 12.5. The fourth-order valence-corrected chi connectivity index (χ4v) is 2.68. The molecule has 22 heavy (non-hydrogen) atoms. The van der Waals surface area contributed by atoms with Gasteiger partial charge in [0.25, 0.3) is 0 Å². The van der Waals surface area contributed by atoms with Gasteiger partial charge in [-0.25, -0.2) is 14.8 Å². The number of hydrogen-bond donors (Lipinski definition) is 2. The summed E-state index contributed by atoms with van der Waals surface area (Å²) in [4.78, 5) is 20.5. The van der Waals surface area contributed by atoms with Crippen molar-refractivity contribution in [2.75, 3.05) is 5.73 Å². The van der Waals surface area contributed by atoms with Crippen LogP contribution in [0.25, 0.3) is 32.8 Å². The van der Waals surface area contributed by atoms with Crippen LogP contribution >= 0.6 is 0 Å². The molecule has 3 N–H and O–H groups in total. The van der Waals surface area contributed by atoms with E-state index in [0.29, 0.717) is 22.2 Å². The number of carboxylic acid groups (broad SMARTS) is 1. The first-order chi connectivity index (χ1) is 10.6. The zero-order valence-corrected chi connectivity index (χ0v) is 11.4. The Morgan fingerprint density at radius 2 is 1.77 bits per heavy atom. The maximum atomic E-state index is 11.4. The van der Waals surface area contributed by atoms with E-state index < -0.39 is 5.97 Å². The minimum absolute atomic E-state index is 0.152. The molecule has 4 aromatic rings. The van der Waals surface area contributed by atoms with Crippen LogP contribution < -0.4 is 5.73 Å². The normalized spacial score (nSPS) is 11.3. The number of carbonyl (C=O) groups is 1. The lowest BCUT2D eigenvalue weighted by Gasteiger charge is -2.07. The first-order valence-electron chi connectivity index (χ1n) is 6.75. The zero-order chi connectivity index (χ0) is 15.3. The largest absolute Gasteiger partial charge is 0.478 e. The van der Waals surface area contributed by atoms with Gasteiger partial charge in [-0.2, -0.15) is 0 Å². The monoisotopic (exact) mass is 289 g/mol. The summed E-state index contributed by atoms with van der Waals surface area (Å²) in [5.41, 5.74) is 9.01. The van der Waals surface area contributed by atoms with Gasteiger partial charge in [0.1, 0.15) is 5.52 Å². The van der Waals surface area contributed by atoms with Gasteiger partial charge in [0.2, 0.25) is 0 Å². The molecular formula is C17H11N3O2. The second-order valence-corrected chi connectivity index (χ2v) is 5.12. The Balaban J connectivity index is 2.20. The highest BCUT2D eigenvalue weighted by atomic mass is 16.4. The average Bonchev–Trinajstić information content (AvgIpc) is 2.51. The van der Waals surface area contributed by atoms with Gasteiger partial charge in [0, 0.05) is 11.1 Å². The summed E-state index contributed by atoms with van der Waals surface area (Å²) in [7, 11) is 0.